The lowest BCUT2D eigenvalue weighted by Crippen LogP contribution is -2.39. The molecule has 0 radical (unpaired) electrons. The number of guanidine groups is 1. The van der Waals surface area contributed by atoms with E-state index in [1.165, 1.54) is 6.42 Å². The van der Waals surface area contributed by atoms with Gasteiger partial charge in [0.05, 0.1) is 0 Å². The molecule has 5 nitrogen and oxygen atoms in total. The Bertz CT molecular complexity index is 225. The van der Waals surface area contributed by atoms with Gasteiger partial charge in [-0.3, -0.25) is 4.99 Å². The molecular formula is C14H33IN4O. The minimum absolute atomic E-state index is 0. The standard InChI is InChI=1S/C14H32N4O.HI/c1-5-6-12-19-13-8-10-17-14(15-2)16-9-7-11-18(3)4;/h5-13H2,1-4H3,(H2,15,16,17);1H. The van der Waals surface area contributed by atoms with Crippen LogP contribution in [0.3, 0.4) is 0 Å². The monoisotopic (exact) mass is 400 g/mol. The van der Waals surface area contributed by atoms with Gasteiger partial charge in [-0.1, -0.05) is 13.3 Å². The van der Waals surface area contributed by atoms with Crippen molar-refractivity contribution in [3.05, 3.63) is 0 Å². The van der Waals surface area contributed by atoms with Crippen molar-refractivity contribution in [3.63, 3.8) is 0 Å². The Hall–Kier alpha value is -0.0800. The molecule has 122 valence electrons. The van der Waals surface area contributed by atoms with Crippen LogP contribution < -0.4 is 10.6 Å². The first-order chi connectivity index (χ1) is 9.20. The van der Waals surface area contributed by atoms with Crippen molar-refractivity contribution in [3.8, 4) is 0 Å². The predicted octanol–water partition coefficient (Wildman–Crippen LogP) is 1.93. The van der Waals surface area contributed by atoms with Crippen LogP contribution in [-0.2, 0) is 4.74 Å². The Morgan fingerprint density at radius 2 is 1.65 bits per heavy atom. The van der Waals surface area contributed by atoms with Crippen LogP contribution in [0.1, 0.15) is 32.6 Å². The van der Waals surface area contributed by atoms with Crippen molar-refractivity contribution in [1.82, 2.24) is 15.5 Å². The van der Waals surface area contributed by atoms with E-state index < -0.39 is 0 Å². The van der Waals surface area contributed by atoms with Gasteiger partial charge < -0.3 is 20.3 Å². The molecule has 0 spiro atoms. The normalized spacial score (nSPS) is 11.3. The summed E-state index contributed by atoms with van der Waals surface area (Å²) in [6.45, 7) is 6.83. The lowest BCUT2D eigenvalue weighted by atomic mass is 10.4. The molecule has 0 aliphatic rings. The molecule has 0 bridgehead atoms. The lowest BCUT2D eigenvalue weighted by Gasteiger charge is -2.13. The molecule has 0 fully saturated rings. The van der Waals surface area contributed by atoms with E-state index >= 15 is 0 Å². The Balaban J connectivity index is 0. The number of halogens is 1. The molecule has 0 unspecified atom stereocenters. The molecule has 6 heteroatoms. The Morgan fingerprint density at radius 1 is 1.05 bits per heavy atom. The molecule has 0 aliphatic carbocycles. The maximum atomic E-state index is 5.51. The quantitative estimate of drug-likeness (QED) is 0.241. The summed E-state index contributed by atoms with van der Waals surface area (Å²) in [6.07, 6.45) is 4.49. The average Bonchev–Trinajstić information content (AvgIpc) is 2.39. The molecule has 20 heavy (non-hydrogen) atoms. The average molecular weight is 400 g/mol. The van der Waals surface area contributed by atoms with Gasteiger partial charge in [-0.2, -0.15) is 0 Å². The second-order valence-corrected chi connectivity index (χ2v) is 4.90. The molecule has 0 saturated carbocycles. The number of nitrogens with one attached hydrogen (secondary N) is 2. The van der Waals surface area contributed by atoms with Crippen LogP contribution >= 0.6 is 24.0 Å². The number of hydrogen-bond donors (Lipinski definition) is 2. The van der Waals surface area contributed by atoms with Crippen molar-refractivity contribution in [2.45, 2.75) is 32.6 Å². The first kappa shape index (κ1) is 22.2. The number of rotatable bonds is 11. The van der Waals surface area contributed by atoms with E-state index in [9.17, 15) is 0 Å². The van der Waals surface area contributed by atoms with Crippen LogP contribution in [0.5, 0.6) is 0 Å². The minimum Gasteiger partial charge on any atom is -0.381 e. The SMILES string of the molecule is CCCCOCCCNC(=NC)NCCCN(C)C.I. The zero-order valence-corrected chi connectivity index (χ0v) is 15.9. The molecule has 0 aromatic rings. The van der Waals surface area contributed by atoms with Crippen molar-refractivity contribution >= 4 is 29.9 Å². The van der Waals surface area contributed by atoms with E-state index in [0.717, 1.165) is 58.1 Å². The molecule has 0 saturated heterocycles. The van der Waals surface area contributed by atoms with Crippen molar-refractivity contribution < 1.29 is 4.74 Å². The van der Waals surface area contributed by atoms with Crippen LogP contribution in [0.4, 0.5) is 0 Å². The molecule has 0 heterocycles. The van der Waals surface area contributed by atoms with E-state index in [-0.39, 0.29) is 24.0 Å². The highest BCUT2D eigenvalue weighted by atomic mass is 127. The molecule has 0 rings (SSSR count). The molecule has 0 atom stereocenters. The lowest BCUT2D eigenvalue weighted by molar-refractivity contribution is 0.129. The summed E-state index contributed by atoms with van der Waals surface area (Å²) in [5, 5.41) is 6.60. The van der Waals surface area contributed by atoms with E-state index in [4.69, 9.17) is 4.74 Å². The van der Waals surface area contributed by atoms with E-state index in [0.29, 0.717) is 0 Å². The summed E-state index contributed by atoms with van der Waals surface area (Å²) in [7, 11) is 5.98. The number of hydrogen-bond acceptors (Lipinski definition) is 3. The largest absolute Gasteiger partial charge is 0.381 e. The van der Waals surface area contributed by atoms with E-state index in [1.807, 2.05) is 0 Å². The maximum absolute atomic E-state index is 5.51. The van der Waals surface area contributed by atoms with Crippen LogP contribution in [-0.4, -0.2) is 64.9 Å². The van der Waals surface area contributed by atoms with E-state index in [2.05, 4.69) is 41.5 Å². The first-order valence-electron chi connectivity index (χ1n) is 7.37. The minimum atomic E-state index is 0. The van der Waals surface area contributed by atoms with Crippen LogP contribution in [0.15, 0.2) is 4.99 Å². The fourth-order valence-corrected chi connectivity index (χ4v) is 1.55. The molecule has 0 aromatic carbocycles. The second-order valence-electron chi connectivity index (χ2n) is 4.90. The third-order valence-corrected chi connectivity index (χ3v) is 2.70. The van der Waals surface area contributed by atoms with Crippen LogP contribution in [0.2, 0.25) is 0 Å². The zero-order chi connectivity index (χ0) is 14.3. The van der Waals surface area contributed by atoms with Gasteiger partial charge in [-0.25, -0.2) is 0 Å². The van der Waals surface area contributed by atoms with Gasteiger partial charge >= 0.3 is 0 Å². The van der Waals surface area contributed by atoms with Crippen molar-refractivity contribution in [2.75, 3.05) is 54.0 Å². The fraction of sp³-hybridized carbons (Fsp3) is 0.929. The van der Waals surface area contributed by atoms with Gasteiger partial charge in [0.25, 0.3) is 0 Å². The van der Waals surface area contributed by atoms with Crippen molar-refractivity contribution in [1.29, 1.82) is 0 Å². The summed E-state index contributed by atoms with van der Waals surface area (Å²) in [5.41, 5.74) is 0. The van der Waals surface area contributed by atoms with Gasteiger partial charge in [-0.15, -0.1) is 24.0 Å². The molecule has 0 aliphatic heterocycles. The summed E-state index contributed by atoms with van der Waals surface area (Å²) in [5.74, 6) is 0.882. The van der Waals surface area contributed by atoms with Crippen LogP contribution in [0.25, 0.3) is 0 Å². The Kier molecular flexibility index (Phi) is 18.8. The molecule has 2 N–H and O–H groups in total. The summed E-state index contributed by atoms with van der Waals surface area (Å²) in [6, 6.07) is 0. The number of aliphatic imine (C=N–C) groups is 1. The first-order valence-corrected chi connectivity index (χ1v) is 7.37. The summed E-state index contributed by atoms with van der Waals surface area (Å²) < 4.78 is 5.51. The third-order valence-electron chi connectivity index (χ3n) is 2.70. The number of nitrogens with zero attached hydrogens (tertiary/aromatic N) is 2. The highest BCUT2D eigenvalue weighted by Gasteiger charge is 1.97. The van der Waals surface area contributed by atoms with Gasteiger partial charge in [-0.05, 0) is 39.9 Å². The van der Waals surface area contributed by atoms with E-state index in [1.54, 1.807) is 7.05 Å². The Morgan fingerprint density at radius 3 is 2.20 bits per heavy atom. The highest BCUT2D eigenvalue weighted by Crippen LogP contribution is 1.89. The smallest absolute Gasteiger partial charge is 0.190 e. The Labute approximate surface area is 141 Å². The fourth-order valence-electron chi connectivity index (χ4n) is 1.55. The van der Waals surface area contributed by atoms with Gasteiger partial charge in [0.15, 0.2) is 5.96 Å². The molecule has 0 aromatic heterocycles. The summed E-state index contributed by atoms with van der Waals surface area (Å²) >= 11 is 0. The topological polar surface area (TPSA) is 48.9 Å². The van der Waals surface area contributed by atoms with Gasteiger partial charge in [0.2, 0.25) is 0 Å². The molecular weight excluding hydrogens is 367 g/mol. The number of unbranched alkanes of at least 4 members (excludes halogenated alkanes) is 1. The zero-order valence-electron chi connectivity index (χ0n) is 13.6. The van der Waals surface area contributed by atoms with Crippen molar-refractivity contribution in [2.24, 2.45) is 4.99 Å². The predicted molar refractivity (Wildman–Crippen MR) is 98.3 cm³/mol. The van der Waals surface area contributed by atoms with Crippen LogP contribution in [0, 0.1) is 0 Å². The van der Waals surface area contributed by atoms with Gasteiger partial charge in [0.1, 0.15) is 0 Å². The maximum Gasteiger partial charge on any atom is 0.190 e. The van der Waals surface area contributed by atoms with Gasteiger partial charge in [0, 0.05) is 33.4 Å². The second kappa shape index (κ2) is 17.0. The molecule has 0 amide bonds. The number of ether oxygens (including phenoxy) is 1. The summed E-state index contributed by atoms with van der Waals surface area (Å²) in [4.78, 5) is 6.38. The highest BCUT2D eigenvalue weighted by molar-refractivity contribution is 14.0. The third kappa shape index (κ3) is 16.0.